The summed E-state index contributed by atoms with van der Waals surface area (Å²) in [6.45, 7) is 7.73. The van der Waals surface area contributed by atoms with Crippen molar-refractivity contribution in [3.8, 4) is 0 Å². The summed E-state index contributed by atoms with van der Waals surface area (Å²) in [5.74, 6) is 0.0218. The third kappa shape index (κ3) is 4.45. The van der Waals surface area contributed by atoms with Gasteiger partial charge in [0.1, 0.15) is 17.8 Å². The molecule has 0 aliphatic rings. The molecule has 0 spiro atoms. The molecule has 34 heavy (non-hydrogen) atoms. The number of aromatic nitrogens is 3. The van der Waals surface area contributed by atoms with Gasteiger partial charge in [-0.3, -0.25) is 4.79 Å². The Kier molecular flexibility index (Phi) is 6.26. The lowest BCUT2D eigenvalue weighted by atomic mass is 9.98. The van der Waals surface area contributed by atoms with Crippen LogP contribution in [-0.4, -0.2) is 26.3 Å². The Morgan fingerprint density at radius 3 is 2.26 bits per heavy atom. The number of nitrogens with zero attached hydrogens (tertiary/aromatic N) is 3. The van der Waals surface area contributed by atoms with Crippen molar-refractivity contribution >= 4 is 51.6 Å². The monoisotopic (exact) mass is 476 g/mol. The van der Waals surface area contributed by atoms with Crippen molar-refractivity contribution in [3.05, 3.63) is 76.2 Å². The summed E-state index contributed by atoms with van der Waals surface area (Å²) >= 11 is 6.13. The fourth-order valence-corrected chi connectivity index (χ4v) is 3.91. The van der Waals surface area contributed by atoms with Gasteiger partial charge in [-0.15, -0.1) is 0 Å². The number of anilines is 3. The fourth-order valence-electron chi connectivity index (χ4n) is 3.73. The van der Waals surface area contributed by atoms with Gasteiger partial charge in [0.2, 0.25) is 0 Å². The Morgan fingerprint density at radius 1 is 0.971 bits per heavy atom. The number of fused-ring (bicyclic) bond motifs is 1. The van der Waals surface area contributed by atoms with Crippen LogP contribution in [0.15, 0.2) is 48.9 Å². The van der Waals surface area contributed by atoms with Crippen LogP contribution in [0.5, 0.6) is 0 Å². The minimum absolute atomic E-state index is 0.0754. The molecule has 9 heteroatoms. The van der Waals surface area contributed by atoms with E-state index in [1.807, 2.05) is 38.3 Å². The van der Waals surface area contributed by atoms with Crippen molar-refractivity contribution in [2.75, 3.05) is 16.4 Å². The van der Waals surface area contributed by atoms with Gasteiger partial charge in [-0.25, -0.2) is 14.8 Å². The largest absolute Gasteiger partial charge is 0.383 e. The topological polar surface area (TPSA) is 115 Å². The van der Waals surface area contributed by atoms with Gasteiger partial charge in [0.05, 0.1) is 10.9 Å². The highest BCUT2D eigenvalue weighted by Gasteiger charge is 2.22. The van der Waals surface area contributed by atoms with Gasteiger partial charge in [-0.05, 0) is 63.1 Å². The van der Waals surface area contributed by atoms with Crippen LogP contribution in [0, 0.1) is 13.8 Å². The van der Waals surface area contributed by atoms with Crippen molar-refractivity contribution < 1.29 is 9.59 Å². The molecule has 4 rings (SSSR count). The van der Waals surface area contributed by atoms with E-state index in [1.54, 1.807) is 36.5 Å². The highest BCUT2D eigenvalue weighted by molar-refractivity contribution is 6.31. The van der Waals surface area contributed by atoms with Crippen molar-refractivity contribution in [3.63, 3.8) is 0 Å². The van der Waals surface area contributed by atoms with E-state index in [-0.39, 0.29) is 17.6 Å². The maximum Gasteiger partial charge on any atom is 0.323 e. The van der Waals surface area contributed by atoms with Gasteiger partial charge in [-0.1, -0.05) is 23.7 Å². The second-order valence-corrected chi connectivity index (χ2v) is 8.81. The maximum absolute atomic E-state index is 13.6. The predicted molar refractivity (Wildman–Crippen MR) is 136 cm³/mol. The number of benzene rings is 2. The number of carbonyl (C=O) groups is 2. The van der Waals surface area contributed by atoms with Crippen LogP contribution in [0.2, 0.25) is 5.02 Å². The second kappa shape index (κ2) is 9.15. The fraction of sp³-hybridized carbons (Fsp3) is 0.200. The molecule has 4 aromatic rings. The maximum atomic E-state index is 13.6. The van der Waals surface area contributed by atoms with E-state index in [0.717, 1.165) is 11.1 Å². The van der Waals surface area contributed by atoms with E-state index >= 15 is 0 Å². The minimum Gasteiger partial charge on any atom is -0.383 e. The number of rotatable bonds is 5. The van der Waals surface area contributed by atoms with Crippen LogP contribution < -0.4 is 16.4 Å². The average molecular weight is 477 g/mol. The molecule has 2 aromatic heterocycles. The number of aryl methyl sites for hydroxylation is 2. The highest BCUT2D eigenvalue weighted by atomic mass is 35.5. The molecular formula is C25H25ClN6O2. The molecular weight excluding hydrogens is 452 g/mol. The zero-order valence-electron chi connectivity index (χ0n) is 19.3. The molecule has 8 nitrogen and oxygen atoms in total. The van der Waals surface area contributed by atoms with Crippen molar-refractivity contribution in [2.45, 2.75) is 33.7 Å². The smallest absolute Gasteiger partial charge is 0.323 e. The van der Waals surface area contributed by atoms with Crippen LogP contribution in [0.3, 0.4) is 0 Å². The van der Waals surface area contributed by atoms with Gasteiger partial charge in [-0.2, -0.15) is 0 Å². The van der Waals surface area contributed by atoms with Crippen LogP contribution >= 0.6 is 11.6 Å². The van der Waals surface area contributed by atoms with Crippen LogP contribution in [0.1, 0.15) is 46.9 Å². The highest BCUT2D eigenvalue weighted by Crippen LogP contribution is 2.30. The first kappa shape index (κ1) is 23.3. The van der Waals surface area contributed by atoms with Gasteiger partial charge < -0.3 is 20.9 Å². The zero-order valence-corrected chi connectivity index (χ0v) is 20.1. The summed E-state index contributed by atoms with van der Waals surface area (Å²) in [6.07, 6.45) is 3.15. The van der Waals surface area contributed by atoms with Gasteiger partial charge in [0.15, 0.2) is 5.78 Å². The Balaban J connectivity index is 1.64. The molecule has 0 saturated carbocycles. The molecule has 0 fully saturated rings. The molecule has 174 valence electrons. The Morgan fingerprint density at radius 2 is 1.62 bits per heavy atom. The first-order valence-electron chi connectivity index (χ1n) is 10.8. The lowest BCUT2D eigenvalue weighted by Gasteiger charge is -2.11. The first-order chi connectivity index (χ1) is 16.2. The van der Waals surface area contributed by atoms with E-state index in [1.165, 1.54) is 6.33 Å². The standard InChI is InChI=1S/C25H25ClN6O2/c1-13(2)32-11-19(21-23(27)28-12-29-24(21)32)22(33)18-9-16(7-5-14(18)3)30-25(34)31-17-8-6-15(4)20(26)10-17/h5-13H,1-4H3,(H2,27,28,29)(H2,30,31,34). The molecule has 0 aliphatic carbocycles. The summed E-state index contributed by atoms with van der Waals surface area (Å²) < 4.78 is 1.90. The number of urea groups is 1. The number of hydrogen-bond donors (Lipinski definition) is 3. The Bertz CT molecular complexity index is 1430. The van der Waals surface area contributed by atoms with E-state index in [4.69, 9.17) is 17.3 Å². The lowest BCUT2D eigenvalue weighted by molar-refractivity contribution is 0.103. The molecule has 0 unspecified atom stereocenters. The van der Waals surface area contributed by atoms with Gasteiger partial charge >= 0.3 is 6.03 Å². The van der Waals surface area contributed by atoms with Crippen LogP contribution in [0.4, 0.5) is 22.0 Å². The number of ketones is 1. The quantitative estimate of drug-likeness (QED) is 0.318. The summed E-state index contributed by atoms with van der Waals surface area (Å²) in [6, 6.07) is 10.1. The third-order valence-corrected chi connectivity index (χ3v) is 6.02. The first-order valence-corrected chi connectivity index (χ1v) is 11.1. The van der Waals surface area contributed by atoms with Crippen LogP contribution in [-0.2, 0) is 0 Å². The molecule has 2 amide bonds. The molecule has 0 radical (unpaired) electrons. The summed E-state index contributed by atoms with van der Waals surface area (Å²) in [5.41, 5.74) is 10.3. The number of amides is 2. The average Bonchev–Trinajstić information content (AvgIpc) is 3.18. The van der Waals surface area contributed by atoms with Gasteiger partial charge in [0, 0.05) is 34.2 Å². The summed E-state index contributed by atoms with van der Waals surface area (Å²) in [4.78, 5) is 34.5. The SMILES string of the molecule is Cc1ccc(NC(=O)Nc2ccc(C)c(C(=O)c3cn(C(C)C)c4ncnc(N)c34)c2)cc1Cl. The Labute approximate surface area is 202 Å². The van der Waals surface area contributed by atoms with E-state index in [0.29, 0.717) is 38.6 Å². The third-order valence-electron chi connectivity index (χ3n) is 5.61. The second-order valence-electron chi connectivity index (χ2n) is 8.40. The van der Waals surface area contributed by atoms with E-state index in [2.05, 4.69) is 20.6 Å². The summed E-state index contributed by atoms with van der Waals surface area (Å²) in [7, 11) is 0. The van der Waals surface area contributed by atoms with Crippen LogP contribution in [0.25, 0.3) is 11.0 Å². The van der Waals surface area contributed by atoms with Crippen molar-refractivity contribution in [1.29, 1.82) is 0 Å². The molecule has 2 heterocycles. The number of hydrogen-bond acceptors (Lipinski definition) is 5. The molecule has 0 aliphatic heterocycles. The van der Waals surface area contributed by atoms with E-state index in [9.17, 15) is 9.59 Å². The molecule has 0 atom stereocenters. The number of carbonyl (C=O) groups excluding carboxylic acids is 2. The van der Waals surface area contributed by atoms with Crippen molar-refractivity contribution in [1.82, 2.24) is 14.5 Å². The normalized spacial score (nSPS) is 11.1. The molecule has 2 aromatic carbocycles. The Hall–Kier alpha value is -3.91. The number of nitrogens with one attached hydrogen (secondary N) is 2. The number of nitrogens with two attached hydrogens (primary N) is 1. The zero-order chi connectivity index (χ0) is 24.6. The minimum atomic E-state index is -0.448. The molecule has 0 bridgehead atoms. The van der Waals surface area contributed by atoms with E-state index < -0.39 is 6.03 Å². The van der Waals surface area contributed by atoms with Gasteiger partial charge in [0.25, 0.3) is 0 Å². The molecule has 4 N–H and O–H groups in total. The number of nitrogen functional groups attached to an aromatic ring is 1. The number of halogens is 1. The lowest BCUT2D eigenvalue weighted by Crippen LogP contribution is -2.19. The predicted octanol–water partition coefficient (Wildman–Crippen LogP) is 5.74. The van der Waals surface area contributed by atoms with Crippen molar-refractivity contribution in [2.24, 2.45) is 0 Å². The summed E-state index contributed by atoms with van der Waals surface area (Å²) in [5, 5.41) is 6.60. The molecule has 0 saturated heterocycles.